The fourth-order valence-electron chi connectivity index (χ4n) is 4.98. The molecule has 1 aromatic rings. The molecule has 30 heavy (non-hydrogen) atoms. The van der Waals surface area contributed by atoms with Crippen LogP contribution in [0.4, 0.5) is 0 Å². The van der Waals surface area contributed by atoms with E-state index in [0.717, 1.165) is 0 Å². The van der Waals surface area contributed by atoms with Crippen molar-refractivity contribution in [2.24, 2.45) is 0 Å². The smallest absolute Gasteiger partial charge is 0.0649 e. The Morgan fingerprint density at radius 3 is 1.40 bits per heavy atom. The molecular formula is C22H56Si8. The van der Waals surface area contributed by atoms with Crippen LogP contribution in [0.2, 0.25) is 99.5 Å². The molecule has 176 valence electrons. The molecule has 1 aromatic carbocycles. The second-order valence-corrected chi connectivity index (χ2v) is 42.3. The predicted octanol–water partition coefficient (Wildman–Crippen LogP) is 4.01. The van der Waals surface area contributed by atoms with E-state index < -0.39 is 8.80 Å². The van der Waals surface area contributed by atoms with Gasteiger partial charge in [0, 0.05) is 62.3 Å². The average Bonchev–Trinajstić information content (AvgIpc) is 2.60. The monoisotopic (exact) mass is 544 g/mol. The zero-order valence-electron chi connectivity index (χ0n) is 22.4. The highest BCUT2D eigenvalue weighted by atomic mass is 28.4. The Hall–Kier alpha value is 0.955. The molecule has 8 heteroatoms. The van der Waals surface area contributed by atoms with Crippen LogP contribution in [0.3, 0.4) is 0 Å². The fraction of sp³-hybridized carbons (Fsp3) is 0.727. The topological polar surface area (TPSA) is 0 Å². The minimum atomic E-state index is -0.563. The van der Waals surface area contributed by atoms with E-state index in [4.69, 9.17) is 0 Å². The second kappa shape index (κ2) is 18.4. The summed E-state index contributed by atoms with van der Waals surface area (Å²) in [6.45, 7) is 25.4. The molecule has 0 amide bonds. The molecule has 0 aliphatic carbocycles. The predicted molar refractivity (Wildman–Crippen MR) is 172 cm³/mol. The lowest BCUT2D eigenvalue weighted by atomic mass is 10.4. The molecule has 0 bridgehead atoms. The molecule has 0 N–H and O–H groups in total. The summed E-state index contributed by atoms with van der Waals surface area (Å²) >= 11 is 0. The maximum Gasteiger partial charge on any atom is 0.0649 e. The summed E-state index contributed by atoms with van der Waals surface area (Å²) in [6, 6.07) is 11.5. The molecule has 0 heterocycles. The number of hydrogen-bond acceptors (Lipinski definition) is 0. The van der Waals surface area contributed by atoms with E-state index in [9.17, 15) is 0 Å². The third-order valence-corrected chi connectivity index (χ3v) is 44.4. The van der Waals surface area contributed by atoms with Crippen molar-refractivity contribution in [2.75, 3.05) is 0 Å². The zero-order valence-corrected chi connectivity index (χ0v) is 31.9. The van der Waals surface area contributed by atoms with E-state index >= 15 is 0 Å². The third-order valence-electron chi connectivity index (χ3n) is 5.91. The van der Waals surface area contributed by atoms with Gasteiger partial charge in [0.05, 0.1) is 8.80 Å². The van der Waals surface area contributed by atoms with E-state index in [-0.39, 0.29) is 62.3 Å². The Morgan fingerprint density at radius 2 is 1.00 bits per heavy atom. The summed E-state index contributed by atoms with van der Waals surface area (Å²) in [4.78, 5) is 0. The lowest BCUT2D eigenvalue weighted by Gasteiger charge is -2.17. The van der Waals surface area contributed by atoms with Crippen molar-refractivity contribution in [2.45, 2.75) is 99.5 Å². The molecule has 0 fully saturated rings. The lowest BCUT2D eigenvalue weighted by molar-refractivity contribution is 1.59. The molecule has 0 aliphatic heterocycles. The van der Waals surface area contributed by atoms with Gasteiger partial charge in [0.15, 0.2) is 0 Å². The minimum Gasteiger partial charge on any atom is -0.0724 e. The van der Waals surface area contributed by atoms with E-state index in [1.54, 1.807) is 39.2 Å². The summed E-state index contributed by atoms with van der Waals surface area (Å²) in [5.41, 5.74) is 10.2. The van der Waals surface area contributed by atoms with E-state index in [1.165, 1.54) is 0 Å². The largest absolute Gasteiger partial charge is 0.0724 e. The highest BCUT2D eigenvalue weighted by Gasteiger charge is 2.16. The van der Waals surface area contributed by atoms with Crippen molar-refractivity contribution in [3.8, 4) is 0 Å². The van der Waals surface area contributed by atoms with Crippen LogP contribution in [0.5, 0.6) is 0 Å². The van der Waals surface area contributed by atoms with E-state index in [0.29, 0.717) is 0 Å². The molecule has 3 atom stereocenters. The first-order chi connectivity index (χ1) is 14.0. The van der Waals surface area contributed by atoms with Gasteiger partial charge in [0.1, 0.15) is 0 Å². The van der Waals surface area contributed by atoms with Gasteiger partial charge >= 0.3 is 0 Å². The van der Waals surface area contributed by atoms with Crippen molar-refractivity contribution >= 4 is 76.3 Å². The molecular weight excluding hydrogens is 489 g/mol. The van der Waals surface area contributed by atoms with Crippen LogP contribution in [0, 0.1) is 0 Å². The molecule has 0 radical (unpaired) electrons. The SMILES string of the molecule is C[SiH](C)C[SiH2]C[SiH](C[SiH](C)C)c1ccccc1.C[SiH](C)C[SiH](C)C[SiH](C)C[SiH](C)C. The number of benzene rings is 1. The highest BCUT2D eigenvalue weighted by Crippen LogP contribution is 2.10. The zero-order chi connectivity index (χ0) is 23.1. The van der Waals surface area contributed by atoms with Gasteiger partial charge in [0.25, 0.3) is 0 Å². The molecule has 0 aliphatic rings. The second-order valence-electron chi connectivity index (χ2n) is 11.8. The molecule has 0 spiro atoms. The van der Waals surface area contributed by atoms with E-state index in [1.807, 2.05) is 0 Å². The van der Waals surface area contributed by atoms with Gasteiger partial charge in [-0.05, 0) is 0 Å². The maximum absolute atomic E-state index is 2.62. The van der Waals surface area contributed by atoms with Crippen LogP contribution < -0.4 is 5.19 Å². The quantitative estimate of drug-likeness (QED) is 0.329. The molecule has 0 saturated carbocycles. The standard InChI is InChI=1S/C13H28Si4.C9H28Si4/c1-15(2)10-14-11-17(12-16(3)4)13-8-6-5-7-9-13;1-10(2)7-12(5)9-13(6)8-11(3)4/h5-9,15-17H,10-12,14H2,1-4H3;10-13H,7-9H2,1-6H3. The summed E-state index contributed by atoms with van der Waals surface area (Å²) < 4.78 is 0. The average molecular weight is 545 g/mol. The van der Waals surface area contributed by atoms with Crippen LogP contribution >= 0.6 is 0 Å². The van der Waals surface area contributed by atoms with Crippen molar-refractivity contribution < 1.29 is 0 Å². The van der Waals surface area contributed by atoms with Crippen molar-refractivity contribution in [3.63, 3.8) is 0 Å². The molecule has 0 nitrogen and oxygen atoms in total. The van der Waals surface area contributed by atoms with Gasteiger partial charge < -0.3 is 0 Å². The number of hydrogen-bond donors (Lipinski definition) is 0. The van der Waals surface area contributed by atoms with Crippen LogP contribution in [-0.4, -0.2) is 71.1 Å². The Balaban J connectivity index is 0.000000584. The Bertz CT molecular complexity index is 493. The molecule has 3 unspecified atom stereocenters. The van der Waals surface area contributed by atoms with Crippen LogP contribution in [-0.2, 0) is 0 Å². The first-order valence-electron chi connectivity index (χ1n) is 13.1. The van der Waals surface area contributed by atoms with Crippen molar-refractivity contribution in [3.05, 3.63) is 30.3 Å². The summed E-state index contributed by atoms with van der Waals surface area (Å²) in [7, 11) is -1.84. The lowest BCUT2D eigenvalue weighted by Crippen LogP contribution is -2.35. The summed E-state index contributed by atoms with van der Waals surface area (Å²) in [5.74, 6) is 0. The number of rotatable bonds is 13. The fourth-order valence-corrected chi connectivity index (χ4v) is 47.5. The van der Waals surface area contributed by atoms with Crippen molar-refractivity contribution in [1.29, 1.82) is 0 Å². The Kier molecular flexibility index (Phi) is 19.0. The normalized spacial score (nSPS) is 15.1. The minimum absolute atomic E-state index is 0.228. The first-order valence-corrected chi connectivity index (χ1v) is 35.3. The van der Waals surface area contributed by atoms with Gasteiger partial charge in [-0.25, -0.2) is 0 Å². The summed E-state index contributed by atoms with van der Waals surface area (Å²) in [6.07, 6.45) is 0. The molecule has 0 saturated heterocycles. The highest BCUT2D eigenvalue weighted by molar-refractivity contribution is 6.89. The van der Waals surface area contributed by atoms with Gasteiger partial charge in [-0.2, -0.15) is 0 Å². The van der Waals surface area contributed by atoms with E-state index in [2.05, 4.69) is 95.8 Å². The Labute approximate surface area is 205 Å². The van der Waals surface area contributed by atoms with Crippen LogP contribution in [0.1, 0.15) is 0 Å². The van der Waals surface area contributed by atoms with Crippen LogP contribution in [0.25, 0.3) is 0 Å². The van der Waals surface area contributed by atoms with Gasteiger partial charge in [-0.15, -0.1) is 0 Å². The molecule has 1 rings (SSSR count). The van der Waals surface area contributed by atoms with Crippen LogP contribution in [0.15, 0.2) is 30.3 Å². The maximum atomic E-state index is 2.62. The van der Waals surface area contributed by atoms with Gasteiger partial charge in [-0.3, -0.25) is 0 Å². The van der Waals surface area contributed by atoms with Gasteiger partial charge in [-0.1, -0.05) is 135 Å². The molecule has 0 aromatic heterocycles. The first kappa shape index (κ1) is 31.0. The van der Waals surface area contributed by atoms with Crippen molar-refractivity contribution in [1.82, 2.24) is 0 Å². The summed E-state index contributed by atoms with van der Waals surface area (Å²) in [5, 5.41) is 1.76. The van der Waals surface area contributed by atoms with Gasteiger partial charge in [0.2, 0.25) is 0 Å². The third kappa shape index (κ3) is 18.5. The Morgan fingerprint density at radius 1 is 0.533 bits per heavy atom.